The van der Waals surface area contributed by atoms with E-state index < -0.39 is 0 Å². The van der Waals surface area contributed by atoms with Crippen LogP contribution in [-0.2, 0) is 0 Å². The molecule has 0 atom stereocenters. The predicted molar refractivity (Wildman–Crippen MR) is 57.3 cm³/mol. The van der Waals surface area contributed by atoms with Gasteiger partial charge in [0.1, 0.15) is 23.7 Å². The first-order chi connectivity index (χ1) is 7.20. The summed E-state index contributed by atoms with van der Waals surface area (Å²) in [5.74, 6) is 3.19. The molecular formula is C12H12O3. The van der Waals surface area contributed by atoms with E-state index in [0.717, 1.165) is 0 Å². The first-order valence-electron chi connectivity index (χ1n) is 4.45. The molecule has 15 heavy (non-hydrogen) atoms. The molecular weight excluding hydrogens is 192 g/mol. The zero-order valence-corrected chi connectivity index (χ0v) is 8.74. The Morgan fingerprint density at radius 1 is 1.47 bits per heavy atom. The van der Waals surface area contributed by atoms with Gasteiger partial charge in [-0.15, -0.1) is 6.42 Å². The standard InChI is InChI=1S/C12H12O3/c1-4-8-15-11-7-5-6-10(14-3)12(11)9(2)13/h1,5-7H,8H2,2-3H3. The van der Waals surface area contributed by atoms with Crippen LogP contribution in [0.2, 0.25) is 0 Å². The molecule has 0 aliphatic rings. The van der Waals surface area contributed by atoms with Crippen molar-refractivity contribution in [3.05, 3.63) is 23.8 Å². The molecule has 78 valence electrons. The Balaban J connectivity index is 3.14. The molecule has 0 aliphatic heterocycles. The molecule has 3 heteroatoms. The summed E-state index contributed by atoms with van der Waals surface area (Å²) in [6.45, 7) is 1.59. The first kappa shape index (κ1) is 11.1. The van der Waals surface area contributed by atoms with E-state index in [-0.39, 0.29) is 12.4 Å². The summed E-state index contributed by atoms with van der Waals surface area (Å²) < 4.78 is 10.3. The smallest absolute Gasteiger partial charge is 0.167 e. The molecule has 0 aliphatic carbocycles. The maximum Gasteiger partial charge on any atom is 0.167 e. The third-order valence-corrected chi connectivity index (χ3v) is 1.87. The Kier molecular flexibility index (Phi) is 3.75. The van der Waals surface area contributed by atoms with E-state index in [4.69, 9.17) is 15.9 Å². The van der Waals surface area contributed by atoms with Crippen molar-refractivity contribution in [2.24, 2.45) is 0 Å². The van der Waals surface area contributed by atoms with E-state index >= 15 is 0 Å². The highest BCUT2D eigenvalue weighted by Crippen LogP contribution is 2.28. The number of Topliss-reactive ketones (excluding diaryl/α,β-unsaturated/α-hetero) is 1. The lowest BCUT2D eigenvalue weighted by Crippen LogP contribution is -2.03. The third kappa shape index (κ3) is 2.50. The molecule has 0 heterocycles. The van der Waals surface area contributed by atoms with Crippen molar-refractivity contribution >= 4 is 5.78 Å². The summed E-state index contributed by atoms with van der Waals surface area (Å²) in [5, 5.41) is 0. The zero-order valence-electron chi connectivity index (χ0n) is 8.74. The minimum absolute atomic E-state index is 0.112. The van der Waals surface area contributed by atoms with Crippen LogP contribution in [0.4, 0.5) is 0 Å². The maximum atomic E-state index is 11.4. The van der Waals surface area contributed by atoms with Crippen molar-refractivity contribution in [3.63, 3.8) is 0 Å². The van der Waals surface area contributed by atoms with Crippen molar-refractivity contribution in [1.82, 2.24) is 0 Å². The van der Waals surface area contributed by atoms with Crippen LogP contribution in [0.1, 0.15) is 17.3 Å². The van der Waals surface area contributed by atoms with Crippen LogP contribution in [0, 0.1) is 12.3 Å². The number of methoxy groups -OCH3 is 1. The largest absolute Gasteiger partial charge is 0.496 e. The van der Waals surface area contributed by atoms with Crippen LogP contribution in [0.5, 0.6) is 11.5 Å². The molecule has 0 radical (unpaired) electrons. The highest BCUT2D eigenvalue weighted by atomic mass is 16.5. The molecule has 0 N–H and O–H groups in total. The van der Waals surface area contributed by atoms with Gasteiger partial charge < -0.3 is 9.47 Å². The number of hydrogen-bond donors (Lipinski definition) is 0. The second-order valence-electron chi connectivity index (χ2n) is 2.88. The molecule has 0 bridgehead atoms. The van der Waals surface area contributed by atoms with Crippen molar-refractivity contribution < 1.29 is 14.3 Å². The number of rotatable bonds is 4. The Morgan fingerprint density at radius 3 is 2.67 bits per heavy atom. The van der Waals surface area contributed by atoms with Crippen LogP contribution >= 0.6 is 0 Å². The summed E-state index contributed by atoms with van der Waals surface area (Å²) in [7, 11) is 1.51. The number of carbonyl (C=O) groups excluding carboxylic acids is 1. The Labute approximate surface area is 89.0 Å². The van der Waals surface area contributed by atoms with Gasteiger partial charge in [0.15, 0.2) is 5.78 Å². The second-order valence-corrected chi connectivity index (χ2v) is 2.88. The minimum Gasteiger partial charge on any atom is -0.496 e. The Morgan fingerprint density at radius 2 is 2.13 bits per heavy atom. The van der Waals surface area contributed by atoms with Gasteiger partial charge in [0, 0.05) is 0 Å². The Bertz CT molecular complexity index is 402. The van der Waals surface area contributed by atoms with Gasteiger partial charge in [-0.2, -0.15) is 0 Å². The number of hydrogen-bond acceptors (Lipinski definition) is 3. The van der Waals surface area contributed by atoms with Crippen molar-refractivity contribution in [2.45, 2.75) is 6.92 Å². The lowest BCUT2D eigenvalue weighted by Gasteiger charge is -2.10. The topological polar surface area (TPSA) is 35.5 Å². The SMILES string of the molecule is C#CCOc1cccc(OC)c1C(C)=O. The second kappa shape index (κ2) is 5.06. The third-order valence-electron chi connectivity index (χ3n) is 1.87. The van der Waals surface area contributed by atoms with E-state index in [1.165, 1.54) is 14.0 Å². The van der Waals surface area contributed by atoms with Crippen LogP contribution < -0.4 is 9.47 Å². The van der Waals surface area contributed by atoms with Gasteiger partial charge in [-0.1, -0.05) is 12.0 Å². The van der Waals surface area contributed by atoms with Gasteiger partial charge in [0.25, 0.3) is 0 Å². The van der Waals surface area contributed by atoms with Crippen LogP contribution in [0.3, 0.4) is 0 Å². The van der Waals surface area contributed by atoms with Crippen LogP contribution in [-0.4, -0.2) is 19.5 Å². The number of ether oxygens (including phenoxy) is 2. The van der Waals surface area contributed by atoms with E-state index in [0.29, 0.717) is 17.1 Å². The van der Waals surface area contributed by atoms with E-state index in [2.05, 4.69) is 5.92 Å². The molecule has 0 fully saturated rings. The number of ketones is 1. The monoisotopic (exact) mass is 204 g/mol. The first-order valence-corrected chi connectivity index (χ1v) is 4.45. The fraction of sp³-hybridized carbons (Fsp3) is 0.250. The summed E-state index contributed by atoms with van der Waals surface area (Å²) >= 11 is 0. The molecule has 0 saturated carbocycles. The van der Waals surface area contributed by atoms with E-state index in [1.807, 2.05) is 0 Å². The quantitative estimate of drug-likeness (QED) is 0.555. The fourth-order valence-corrected chi connectivity index (χ4v) is 1.27. The van der Waals surface area contributed by atoms with E-state index in [1.54, 1.807) is 18.2 Å². The summed E-state index contributed by atoms with van der Waals surface area (Å²) in [6.07, 6.45) is 5.08. The summed E-state index contributed by atoms with van der Waals surface area (Å²) in [4.78, 5) is 11.4. The van der Waals surface area contributed by atoms with Crippen molar-refractivity contribution in [3.8, 4) is 23.8 Å². The van der Waals surface area contributed by atoms with Crippen LogP contribution in [0.15, 0.2) is 18.2 Å². The van der Waals surface area contributed by atoms with Gasteiger partial charge in [-0.05, 0) is 19.1 Å². The highest BCUT2D eigenvalue weighted by molar-refractivity contribution is 5.99. The molecule has 1 aromatic carbocycles. The van der Waals surface area contributed by atoms with Gasteiger partial charge in [-0.25, -0.2) is 0 Å². The van der Waals surface area contributed by atoms with Gasteiger partial charge >= 0.3 is 0 Å². The van der Waals surface area contributed by atoms with Crippen LogP contribution in [0.25, 0.3) is 0 Å². The molecule has 1 aromatic rings. The fourth-order valence-electron chi connectivity index (χ4n) is 1.27. The molecule has 1 rings (SSSR count). The molecule has 0 amide bonds. The van der Waals surface area contributed by atoms with E-state index in [9.17, 15) is 4.79 Å². The van der Waals surface area contributed by atoms with Gasteiger partial charge in [-0.3, -0.25) is 4.79 Å². The lowest BCUT2D eigenvalue weighted by molar-refractivity contribution is 0.101. The summed E-state index contributed by atoms with van der Waals surface area (Å²) in [6, 6.07) is 5.15. The minimum atomic E-state index is -0.112. The van der Waals surface area contributed by atoms with Gasteiger partial charge in [0.05, 0.1) is 7.11 Å². The zero-order chi connectivity index (χ0) is 11.3. The van der Waals surface area contributed by atoms with Crippen molar-refractivity contribution in [1.29, 1.82) is 0 Å². The molecule has 0 saturated heterocycles. The lowest BCUT2D eigenvalue weighted by atomic mass is 10.1. The average Bonchev–Trinajstić information content (AvgIpc) is 2.25. The normalized spacial score (nSPS) is 9.13. The predicted octanol–water partition coefficient (Wildman–Crippen LogP) is 1.91. The number of carbonyl (C=O) groups is 1. The molecule has 3 nitrogen and oxygen atoms in total. The average molecular weight is 204 g/mol. The highest BCUT2D eigenvalue weighted by Gasteiger charge is 2.14. The van der Waals surface area contributed by atoms with Gasteiger partial charge in [0.2, 0.25) is 0 Å². The molecule has 0 unspecified atom stereocenters. The summed E-state index contributed by atoms with van der Waals surface area (Å²) in [5.41, 5.74) is 0.426. The Hall–Kier alpha value is -1.95. The maximum absolute atomic E-state index is 11.4. The number of benzene rings is 1. The molecule has 0 aromatic heterocycles. The number of terminal acetylenes is 1. The molecule has 0 spiro atoms. The van der Waals surface area contributed by atoms with Crippen molar-refractivity contribution in [2.75, 3.05) is 13.7 Å².